The summed E-state index contributed by atoms with van der Waals surface area (Å²) in [4.78, 5) is 11.7. The van der Waals surface area contributed by atoms with Gasteiger partial charge >= 0.3 is 0 Å². The summed E-state index contributed by atoms with van der Waals surface area (Å²) in [5.41, 5.74) is 0.870. The molecule has 6 heteroatoms. The van der Waals surface area contributed by atoms with Crippen LogP contribution in [0, 0.1) is 0 Å². The van der Waals surface area contributed by atoms with Crippen LogP contribution in [0.25, 0.3) is 0 Å². The lowest BCUT2D eigenvalue weighted by Crippen LogP contribution is -2.02. The Morgan fingerprint density at radius 3 is 2.84 bits per heavy atom. The quantitative estimate of drug-likeness (QED) is 0.791. The van der Waals surface area contributed by atoms with E-state index in [2.05, 4.69) is 27.2 Å². The molecule has 0 aliphatic rings. The third-order valence-corrected chi connectivity index (χ3v) is 3.23. The fourth-order valence-corrected chi connectivity index (χ4v) is 2.08. The molecule has 0 aliphatic carbocycles. The zero-order valence-corrected chi connectivity index (χ0v) is 12.2. The fourth-order valence-electron chi connectivity index (χ4n) is 1.71. The van der Waals surface area contributed by atoms with Crippen molar-refractivity contribution in [3.8, 4) is 0 Å². The van der Waals surface area contributed by atoms with Crippen molar-refractivity contribution in [2.24, 2.45) is 0 Å². The second kappa shape index (κ2) is 6.78. The first-order valence-electron chi connectivity index (χ1n) is 6.28. The van der Waals surface area contributed by atoms with E-state index < -0.39 is 0 Å². The maximum absolute atomic E-state index is 6.09. The van der Waals surface area contributed by atoms with E-state index in [1.54, 1.807) is 6.07 Å². The Kier molecular flexibility index (Phi) is 5.05. The largest absolute Gasteiger partial charge is 0.364 e. The number of nitrogens with one attached hydrogen (secondary N) is 2. The van der Waals surface area contributed by atoms with Crippen molar-refractivity contribution in [3.05, 3.63) is 40.0 Å². The molecule has 0 fully saturated rings. The second-order valence-corrected chi connectivity index (χ2v) is 5.00. The molecule has 0 unspecified atom stereocenters. The summed E-state index contributed by atoms with van der Waals surface area (Å²) in [7, 11) is 0. The number of rotatable bonds is 6. The van der Waals surface area contributed by atoms with Gasteiger partial charge in [-0.1, -0.05) is 42.6 Å². The molecule has 0 aliphatic heterocycles. The highest BCUT2D eigenvalue weighted by atomic mass is 35.5. The minimum absolute atomic E-state index is 0.462. The summed E-state index contributed by atoms with van der Waals surface area (Å²) in [5.74, 6) is 1.65. The van der Waals surface area contributed by atoms with Gasteiger partial charge in [0.2, 0.25) is 0 Å². The van der Waals surface area contributed by atoms with Crippen molar-refractivity contribution in [2.45, 2.75) is 32.7 Å². The number of anilines is 1. The molecule has 0 saturated carbocycles. The third kappa shape index (κ3) is 4.11. The first-order valence-corrected chi connectivity index (χ1v) is 7.04. The number of hydrogen-bond acceptors (Lipinski definition) is 3. The molecule has 2 aromatic heterocycles. The summed E-state index contributed by atoms with van der Waals surface area (Å²) in [5, 5.41) is 4.14. The molecule has 2 heterocycles. The van der Waals surface area contributed by atoms with Crippen LogP contribution < -0.4 is 5.32 Å². The summed E-state index contributed by atoms with van der Waals surface area (Å²) in [6.07, 6.45) is 3.16. The molecule has 2 rings (SSSR count). The lowest BCUT2D eigenvalue weighted by Gasteiger charge is -2.04. The van der Waals surface area contributed by atoms with E-state index in [9.17, 15) is 0 Å². The Bertz CT molecular complexity index is 539. The van der Waals surface area contributed by atoms with Crippen LogP contribution in [-0.2, 0) is 13.0 Å². The minimum atomic E-state index is 0.462. The van der Waals surface area contributed by atoms with E-state index in [4.69, 9.17) is 23.2 Å². The van der Waals surface area contributed by atoms with E-state index in [0.717, 1.165) is 30.8 Å². The number of pyridine rings is 1. The molecule has 0 atom stereocenters. The zero-order chi connectivity index (χ0) is 13.7. The number of hydrogen-bond donors (Lipinski definition) is 2. The Hall–Kier alpha value is -1.26. The van der Waals surface area contributed by atoms with Crippen LogP contribution in [0.3, 0.4) is 0 Å². The van der Waals surface area contributed by atoms with Crippen LogP contribution in [0.2, 0.25) is 10.3 Å². The highest BCUT2D eigenvalue weighted by Crippen LogP contribution is 2.16. The number of aryl methyl sites for hydroxylation is 1. The summed E-state index contributed by atoms with van der Waals surface area (Å²) < 4.78 is 0. The van der Waals surface area contributed by atoms with Crippen LogP contribution in [-0.4, -0.2) is 15.0 Å². The van der Waals surface area contributed by atoms with Crippen LogP contribution in [0.5, 0.6) is 0 Å². The number of H-pyrrole nitrogens is 1. The zero-order valence-electron chi connectivity index (χ0n) is 10.7. The van der Waals surface area contributed by atoms with Gasteiger partial charge in [0.05, 0.1) is 12.2 Å². The first-order chi connectivity index (χ1) is 9.19. The van der Waals surface area contributed by atoms with E-state index in [-0.39, 0.29) is 0 Å². The maximum Gasteiger partial charge on any atom is 0.152 e. The number of unbranched alkanes of at least 4 members (excludes halogenated alkanes) is 1. The maximum atomic E-state index is 6.09. The third-order valence-electron chi connectivity index (χ3n) is 2.71. The van der Waals surface area contributed by atoms with Crippen LogP contribution in [0.1, 0.15) is 31.3 Å². The number of halogens is 2. The van der Waals surface area contributed by atoms with Gasteiger partial charge in [0.15, 0.2) is 5.15 Å². The number of aromatic nitrogens is 3. The lowest BCUT2D eigenvalue weighted by atomic mass is 10.2. The average molecular weight is 299 g/mol. The van der Waals surface area contributed by atoms with Crippen LogP contribution in [0.4, 0.5) is 5.82 Å². The summed E-state index contributed by atoms with van der Waals surface area (Å²) in [6, 6.07) is 5.44. The Morgan fingerprint density at radius 1 is 1.26 bits per heavy atom. The number of nitrogens with zero attached hydrogens (tertiary/aromatic N) is 2. The minimum Gasteiger partial charge on any atom is -0.364 e. The lowest BCUT2D eigenvalue weighted by molar-refractivity contribution is 0.760. The molecule has 0 spiro atoms. The van der Waals surface area contributed by atoms with E-state index in [1.807, 2.05) is 12.1 Å². The molecule has 4 nitrogen and oxygen atoms in total. The SMILES string of the molecule is CCCCc1nc(Cl)c(CNc2cccc(Cl)n2)[nH]1. The molecule has 0 amide bonds. The van der Waals surface area contributed by atoms with Gasteiger partial charge in [-0.25, -0.2) is 9.97 Å². The number of imidazole rings is 1. The molecule has 0 bridgehead atoms. The van der Waals surface area contributed by atoms with E-state index in [1.165, 1.54) is 0 Å². The predicted molar refractivity (Wildman–Crippen MR) is 78.8 cm³/mol. The van der Waals surface area contributed by atoms with Crippen molar-refractivity contribution < 1.29 is 0 Å². The van der Waals surface area contributed by atoms with Crippen molar-refractivity contribution in [2.75, 3.05) is 5.32 Å². The molecular weight excluding hydrogens is 283 g/mol. The van der Waals surface area contributed by atoms with Crippen molar-refractivity contribution in [1.29, 1.82) is 0 Å². The molecule has 0 saturated heterocycles. The fraction of sp³-hybridized carbons (Fsp3) is 0.385. The average Bonchev–Trinajstić information content (AvgIpc) is 2.75. The van der Waals surface area contributed by atoms with Gasteiger partial charge in [-0.05, 0) is 18.6 Å². The van der Waals surface area contributed by atoms with Gasteiger partial charge in [-0.3, -0.25) is 0 Å². The smallest absolute Gasteiger partial charge is 0.152 e. The molecule has 2 N–H and O–H groups in total. The van der Waals surface area contributed by atoms with Gasteiger partial charge in [-0.15, -0.1) is 0 Å². The van der Waals surface area contributed by atoms with Crippen molar-refractivity contribution in [3.63, 3.8) is 0 Å². The van der Waals surface area contributed by atoms with Gasteiger partial charge < -0.3 is 10.3 Å². The molecule has 19 heavy (non-hydrogen) atoms. The second-order valence-electron chi connectivity index (χ2n) is 4.26. The standard InChI is InChI=1S/C13H16Cl2N4/c1-2-3-6-12-17-9(13(15)19-12)8-16-11-7-4-5-10(14)18-11/h4-5,7H,2-3,6,8H2,1H3,(H,16,18)(H,17,19). The van der Waals surface area contributed by atoms with Crippen molar-refractivity contribution >= 4 is 29.0 Å². The van der Waals surface area contributed by atoms with Crippen LogP contribution >= 0.6 is 23.2 Å². The highest BCUT2D eigenvalue weighted by Gasteiger charge is 2.08. The van der Waals surface area contributed by atoms with Crippen molar-refractivity contribution in [1.82, 2.24) is 15.0 Å². The first kappa shape index (κ1) is 14.2. The predicted octanol–water partition coefficient (Wildman–Crippen LogP) is 4.07. The van der Waals surface area contributed by atoms with E-state index >= 15 is 0 Å². The number of aromatic amines is 1. The van der Waals surface area contributed by atoms with Gasteiger partial charge in [0.1, 0.15) is 16.8 Å². The molecule has 2 aromatic rings. The molecular formula is C13H16Cl2N4. The van der Waals surface area contributed by atoms with E-state index in [0.29, 0.717) is 22.7 Å². The Balaban J connectivity index is 1.97. The molecule has 102 valence electrons. The summed E-state index contributed by atoms with van der Waals surface area (Å²) >= 11 is 11.9. The topological polar surface area (TPSA) is 53.6 Å². The molecule has 0 aromatic carbocycles. The van der Waals surface area contributed by atoms with Gasteiger partial charge in [0, 0.05) is 6.42 Å². The Morgan fingerprint density at radius 2 is 2.11 bits per heavy atom. The summed E-state index contributed by atoms with van der Waals surface area (Å²) in [6.45, 7) is 2.70. The van der Waals surface area contributed by atoms with Gasteiger partial charge in [0.25, 0.3) is 0 Å². The Labute approximate surface area is 122 Å². The normalized spacial score (nSPS) is 10.7. The highest BCUT2D eigenvalue weighted by molar-refractivity contribution is 6.30. The molecule has 0 radical (unpaired) electrons. The van der Waals surface area contributed by atoms with Gasteiger partial charge in [-0.2, -0.15) is 0 Å². The van der Waals surface area contributed by atoms with Crippen LogP contribution in [0.15, 0.2) is 18.2 Å². The monoisotopic (exact) mass is 298 g/mol.